The van der Waals surface area contributed by atoms with Gasteiger partial charge in [0.2, 0.25) is 0 Å². The van der Waals surface area contributed by atoms with Gasteiger partial charge in [-0.2, -0.15) is 13.2 Å². The van der Waals surface area contributed by atoms with Crippen molar-refractivity contribution >= 4 is 33.9 Å². The molecule has 6 rings (SSSR count). The van der Waals surface area contributed by atoms with Crippen LogP contribution in [0.5, 0.6) is 5.75 Å². The van der Waals surface area contributed by atoms with E-state index in [9.17, 15) is 37.1 Å². The van der Waals surface area contributed by atoms with E-state index in [1.54, 1.807) is 42.6 Å². The lowest BCUT2D eigenvalue weighted by Crippen LogP contribution is -2.39. The molecule has 0 radical (unpaired) electrons. The van der Waals surface area contributed by atoms with Crippen LogP contribution >= 0.6 is 0 Å². The number of halogens is 3. The van der Waals surface area contributed by atoms with Crippen molar-refractivity contribution < 1.29 is 45.8 Å². The summed E-state index contributed by atoms with van der Waals surface area (Å²) in [6.45, 7) is 6.94. The Labute approximate surface area is 428 Å². The molecule has 74 heavy (non-hydrogen) atoms. The molecular weight excluding hydrogens is 958 g/mol. The van der Waals surface area contributed by atoms with Gasteiger partial charge in [-0.1, -0.05) is 108 Å². The monoisotopic (exact) mass is 1030 g/mol. The Bertz CT molecular complexity index is 3000. The molecule has 0 saturated carbocycles. The summed E-state index contributed by atoms with van der Waals surface area (Å²) in [4.78, 5) is 70.1. The molecule has 6 aromatic rings. The van der Waals surface area contributed by atoms with Crippen LogP contribution in [-0.2, 0) is 31.8 Å². The van der Waals surface area contributed by atoms with Gasteiger partial charge < -0.3 is 39.1 Å². The number of unbranched alkanes of at least 4 members (excludes halogenated alkanes) is 13. The largest absolute Gasteiger partial charge is 0.488 e. The third-order valence-electron chi connectivity index (χ3n) is 13.3. The number of fused-ring (bicyclic) bond motifs is 2. The van der Waals surface area contributed by atoms with E-state index in [0.29, 0.717) is 48.8 Å². The fraction of sp³-hybridized carbons (Fsp3) is 0.474. The Morgan fingerprint density at radius 2 is 1.23 bits per heavy atom. The number of aromatic nitrogens is 2. The Morgan fingerprint density at radius 3 is 1.85 bits per heavy atom. The molecule has 4 heterocycles. The molecular formula is C57H69F3N4O10. The van der Waals surface area contributed by atoms with Crippen LogP contribution in [-0.4, -0.2) is 53.9 Å². The van der Waals surface area contributed by atoms with E-state index in [1.165, 1.54) is 29.1 Å². The van der Waals surface area contributed by atoms with Crippen molar-refractivity contribution in [3.8, 4) is 39.1 Å². The van der Waals surface area contributed by atoms with Crippen molar-refractivity contribution in [2.75, 3.05) is 26.4 Å². The number of nitrogens with two attached hydrogens (primary N) is 2. The molecule has 0 spiro atoms. The third kappa shape index (κ3) is 15.5. The predicted molar refractivity (Wildman–Crippen MR) is 280 cm³/mol. The Balaban J connectivity index is 1.18. The smallest absolute Gasteiger partial charge is 0.416 e. The lowest BCUT2D eigenvalue weighted by atomic mass is 9.91. The minimum atomic E-state index is -4.91. The first kappa shape index (κ1) is 56.7. The molecule has 0 amide bonds. The molecule has 1 unspecified atom stereocenters. The molecule has 4 aromatic heterocycles. The summed E-state index contributed by atoms with van der Waals surface area (Å²) in [7, 11) is 0. The van der Waals surface area contributed by atoms with E-state index >= 15 is 0 Å². The van der Waals surface area contributed by atoms with Crippen LogP contribution < -0.4 is 33.0 Å². The number of rotatable bonds is 29. The molecule has 14 nitrogen and oxygen atoms in total. The first-order valence-electron chi connectivity index (χ1n) is 25.9. The zero-order valence-corrected chi connectivity index (χ0v) is 42.7. The maximum absolute atomic E-state index is 14.8. The molecule has 0 bridgehead atoms. The Hall–Kier alpha value is -6.59. The highest BCUT2D eigenvalue weighted by Crippen LogP contribution is 2.38. The Kier molecular flexibility index (Phi) is 20.8. The number of nitrogens with zero attached hydrogens (tertiary/aromatic N) is 2. The zero-order chi connectivity index (χ0) is 53.3. The van der Waals surface area contributed by atoms with Gasteiger partial charge in [-0.05, 0) is 93.0 Å². The minimum absolute atomic E-state index is 0.0454. The number of hydrogen-bond acceptors (Lipinski definition) is 13. The molecule has 2 aromatic carbocycles. The Morgan fingerprint density at radius 1 is 0.676 bits per heavy atom. The summed E-state index contributed by atoms with van der Waals surface area (Å²) in [5.74, 6) is -0.492. The van der Waals surface area contributed by atoms with Gasteiger partial charge in [0.1, 0.15) is 6.04 Å². The number of hydrogen-bond donors (Lipinski definition) is 2. The highest BCUT2D eigenvalue weighted by Gasteiger charge is 2.33. The van der Waals surface area contributed by atoms with Crippen molar-refractivity contribution in [3.05, 3.63) is 116 Å². The van der Waals surface area contributed by atoms with E-state index in [1.807, 2.05) is 20.8 Å². The quantitative estimate of drug-likeness (QED) is 0.0331. The van der Waals surface area contributed by atoms with Crippen LogP contribution in [0.25, 0.3) is 55.3 Å². The molecule has 0 aliphatic rings. The van der Waals surface area contributed by atoms with Gasteiger partial charge >= 0.3 is 29.4 Å². The second-order valence-electron chi connectivity index (χ2n) is 19.4. The summed E-state index contributed by atoms with van der Waals surface area (Å²) in [6, 6.07) is 13.9. The maximum atomic E-state index is 14.8. The fourth-order valence-corrected chi connectivity index (χ4v) is 8.49. The minimum Gasteiger partial charge on any atom is -0.488 e. The third-order valence-corrected chi connectivity index (χ3v) is 13.3. The number of alkyl halides is 3. The van der Waals surface area contributed by atoms with Crippen LogP contribution in [0.15, 0.2) is 102 Å². The van der Waals surface area contributed by atoms with E-state index in [2.05, 4.69) is 4.98 Å². The van der Waals surface area contributed by atoms with Gasteiger partial charge in [0.15, 0.2) is 16.9 Å². The maximum Gasteiger partial charge on any atom is 0.416 e. The van der Waals surface area contributed by atoms with Gasteiger partial charge in [-0.3, -0.25) is 19.4 Å². The van der Waals surface area contributed by atoms with Crippen molar-refractivity contribution in [1.29, 1.82) is 0 Å². The van der Waals surface area contributed by atoms with Gasteiger partial charge in [-0.15, -0.1) is 0 Å². The number of benzene rings is 2. The molecule has 0 fully saturated rings. The van der Waals surface area contributed by atoms with Gasteiger partial charge in [0.25, 0.3) is 5.56 Å². The average molecular weight is 1030 g/mol. The molecule has 17 heteroatoms. The summed E-state index contributed by atoms with van der Waals surface area (Å²) in [5.41, 5.74) is 6.73. The highest BCUT2D eigenvalue weighted by atomic mass is 19.4. The standard InChI is InChI=1S/C57H69F3N4O10/c1-4-56(2,3)55(69)72-28-22-15-11-14-20-26-70-47-36-63-35-41-32-45(53(67)73-49(41)47)39-29-40(31-43(30-39)57(58,59)60)48-50-42(33-44(52(66)74-50)38-23-17-16-18-24-38)37-64(51(48)65)25-19-12-9-7-5-6-8-10-13-21-27-71-54(68)46(62)34-61/h16-18,23-24,29-33,35-37,46H,4-15,19-22,25-28,34,61-62H2,1-3H3. The zero-order valence-electron chi connectivity index (χ0n) is 42.7. The molecule has 0 saturated heterocycles. The van der Waals surface area contributed by atoms with Crippen molar-refractivity contribution in [2.45, 2.75) is 142 Å². The number of carbonyl (C=O) groups excluding carboxylic acids is 2. The number of aryl methyl sites for hydroxylation is 1. The van der Waals surface area contributed by atoms with Crippen LogP contribution in [0.1, 0.15) is 129 Å². The van der Waals surface area contributed by atoms with Gasteiger partial charge in [-0.25, -0.2) is 9.59 Å². The lowest BCUT2D eigenvalue weighted by molar-refractivity contribution is -0.154. The van der Waals surface area contributed by atoms with E-state index in [-0.39, 0.29) is 70.4 Å². The van der Waals surface area contributed by atoms with Crippen LogP contribution in [0.3, 0.4) is 0 Å². The predicted octanol–water partition coefficient (Wildman–Crippen LogP) is 11.5. The first-order chi connectivity index (χ1) is 35.5. The van der Waals surface area contributed by atoms with Crippen LogP contribution in [0, 0.1) is 5.41 Å². The lowest BCUT2D eigenvalue weighted by Gasteiger charge is -2.20. The van der Waals surface area contributed by atoms with Crippen molar-refractivity contribution in [1.82, 2.24) is 9.55 Å². The molecule has 0 aliphatic heterocycles. The molecule has 1 atom stereocenters. The molecule has 4 N–H and O–H groups in total. The van der Waals surface area contributed by atoms with E-state index in [0.717, 1.165) is 95.6 Å². The number of pyridine rings is 2. The molecule has 398 valence electrons. The van der Waals surface area contributed by atoms with Crippen molar-refractivity contribution in [2.24, 2.45) is 16.9 Å². The second-order valence-corrected chi connectivity index (χ2v) is 19.4. The SMILES string of the molecule is CCC(C)(C)C(=O)OCCCCCCCOc1cncc2cc(-c3cc(-c4c(=O)n(CCCCCCCCCCCCOC(=O)C(N)CN)cc5cc(-c6ccccc6)c(=O)oc45)cc(C(F)(F)F)c3)c(=O)oc12. The van der Waals surface area contributed by atoms with E-state index in [4.69, 9.17) is 34.5 Å². The van der Waals surface area contributed by atoms with Crippen LogP contribution in [0.4, 0.5) is 13.2 Å². The first-order valence-corrected chi connectivity index (χ1v) is 25.9. The second kappa shape index (κ2) is 27.1. The normalized spacial score (nSPS) is 12.3. The van der Waals surface area contributed by atoms with Crippen LogP contribution in [0.2, 0.25) is 0 Å². The summed E-state index contributed by atoms with van der Waals surface area (Å²) in [6.07, 6.45) is 13.3. The highest BCUT2D eigenvalue weighted by molar-refractivity contribution is 5.94. The number of ether oxygens (including phenoxy) is 3. The molecule has 0 aliphatic carbocycles. The summed E-state index contributed by atoms with van der Waals surface area (Å²) in [5, 5.41) is 0.623. The van der Waals surface area contributed by atoms with Gasteiger partial charge in [0.05, 0.1) is 53.7 Å². The fourth-order valence-electron chi connectivity index (χ4n) is 8.49. The topological polar surface area (TPSA) is 209 Å². The average Bonchev–Trinajstić information content (AvgIpc) is 3.38. The van der Waals surface area contributed by atoms with E-state index < -0.39 is 46.0 Å². The summed E-state index contributed by atoms with van der Waals surface area (Å²) < 4.78 is 74.1. The van der Waals surface area contributed by atoms with Crippen molar-refractivity contribution in [3.63, 3.8) is 0 Å². The summed E-state index contributed by atoms with van der Waals surface area (Å²) >= 11 is 0. The van der Waals surface area contributed by atoms with Gasteiger partial charge in [0, 0.05) is 36.3 Å². The number of esters is 2. The number of carbonyl (C=O) groups is 2.